The topological polar surface area (TPSA) is 64.2 Å². The van der Waals surface area contributed by atoms with Gasteiger partial charge in [0.2, 0.25) is 0 Å². The predicted molar refractivity (Wildman–Crippen MR) is 48.0 cm³/mol. The molecule has 3 nitrogen and oxygen atoms in total. The normalized spacial score (nSPS) is 14.5. The maximum atomic E-state index is 12.7. The van der Waals surface area contributed by atoms with Crippen molar-refractivity contribution in [3.63, 3.8) is 0 Å². The van der Waals surface area contributed by atoms with Crippen LogP contribution in [-0.2, 0) is 0 Å². The summed E-state index contributed by atoms with van der Waals surface area (Å²) in [5.74, 6) is -0.617. The molecule has 0 bridgehead atoms. The maximum absolute atomic E-state index is 12.7. The van der Waals surface area contributed by atoms with Crippen molar-refractivity contribution in [2.75, 3.05) is 0 Å². The van der Waals surface area contributed by atoms with E-state index in [-0.39, 0.29) is 10.6 Å². The quantitative estimate of drug-likeness (QED) is 0.733. The first-order chi connectivity index (χ1) is 6.56. The number of nitrogens with zero attached hydrogens (tertiary/aromatic N) is 1. The number of hydrogen-bond acceptors (Lipinski definition) is 3. The monoisotopic (exact) mass is 215 g/mol. The first kappa shape index (κ1) is 10.9. The second-order valence-electron chi connectivity index (χ2n) is 2.69. The van der Waals surface area contributed by atoms with Crippen LogP contribution in [-0.4, -0.2) is 16.3 Å². The molecule has 2 atom stereocenters. The second kappa shape index (κ2) is 4.38. The Morgan fingerprint density at radius 3 is 2.57 bits per heavy atom. The van der Waals surface area contributed by atoms with Crippen LogP contribution in [0.1, 0.15) is 11.7 Å². The third kappa shape index (κ3) is 2.20. The average Bonchev–Trinajstić information content (AvgIpc) is 2.20. The van der Waals surface area contributed by atoms with Gasteiger partial charge in [-0.15, -0.1) is 0 Å². The fourth-order valence-electron chi connectivity index (χ4n) is 0.949. The molecular formula is C9H7ClFNO2. The number of aliphatic hydroxyl groups is 2. The highest BCUT2D eigenvalue weighted by Gasteiger charge is 2.18. The predicted octanol–water partition coefficient (Wildman–Crippen LogP) is 1.40. The van der Waals surface area contributed by atoms with Crippen LogP contribution in [0, 0.1) is 17.1 Å². The van der Waals surface area contributed by atoms with Gasteiger partial charge in [0.25, 0.3) is 0 Å². The molecule has 0 spiro atoms. The Labute approximate surface area is 85.0 Å². The molecule has 2 N–H and O–H groups in total. The Kier molecular flexibility index (Phi) is 3.42. The number of aliphatic hydroxyl groups excluding tert-OH is 2. The van der Waals surface area contributed by atoms with Gasteiger partial charge in [0.1, 0.15) is 11.9 Å². The molecule has 14 heavy (non-hydrogen) atoms. The van der Waals surface area contributed by atoms with Crippen molar-refractivity contribution in [1.29, 1.82) is 5.26 Å². The highest BCUT2D eigenvalue weighted by atomic mass is 35.5. The minimum atomic E-state index is -1.54. The fraction of sp³-hybridized carbons (Fsp3) is 0.222. The molecule has 0 aromatic heterocycles. The molecule has 1 rings (SSSR count). The zero-order valence-corrected chi connectivity index (χ0v) is 7.74. The molecule has 1 aromatic rings. The lowest BCUT2D eigenvalue weighted by molar-refractivity contribution is 0.0527. The smallest absolute Gasteiger partial charge is 0.170 e. The number of hydrogen-bond donors (Lipinski definition) is 2. The molecule has 1 aromatic carbocycles. The Balaban J connectivity index is 2.98. The van der Waals surface area contributed by atoms with Crippen LogP contribution in [0.3, 0.4) is 0 Å². The van der Waals surface area contributed by atoms with Crippen LogP contribution >= 0.6 is 11.6 Å². The molecule has 0 radical (unpaired) electrons. The van der Waals surface area contributed by atoms with Crippen molar-refractivity contribution >= 4 is 11.6 Å². The van der Waals surface area contributed by atoms with Gasteiger partial charge in [0, 0.05) is 0 Å². The van der Waals surface area contributed by atoms with Gasteiger partial charge in [-0.1, -0.05) is 17.7 Å². The summed E-state index contributed by atoms with van der Waals surface area (Å²) in [4.78, 5) is 0. The summed E-state index contributed by atoms with van der Waals surface area (Å²) in [6.45, 7) is 0. The van der Waals surface area contributed by atoms with Gasteiger partial charge in [-0.25, -0.2) is 4.39 Å². The number of halogens is 2. The molecule has 0 fully saturated rings. The first-order valence-electron chi connectivity index (χ1n) is 3.77. The largest absolute Gasteiger partial charge is 0.385 e. The van der Waals surface area contributed by atoms with E-state index in [0.717, 1.165) is 6.07 Å². The van der Waals surface area contributed by atoms with Gasteiger partial charge in [-0.2, -0.15) is 5.26 Å². The van der Waals surface area contributed by atoms with E-state index in [4.69, 9.17) is 22.0 Å². The maximum Gasteiger partial charge on any atom is 0.170 e. The highest BCUT2D eigenvalue weighted by molar-refractivity contribution is 6.30. The SMILES string of the molecule is N#CC(O)C(O)c1ccc(F)c(Cl)c1. The molecule has 0 aliphatic rings. The van der Waals surface area contributed by atoms with Gasteiger partial charge < -0.3 is 10.2 Å². The zero-order valence-electron chi connectivity index (χ0n) is 6.98. The van der Waals surface area contributed by atoms with Gasteiger partial charge in [-0.3, -0.25) is 0 Å². The summed E-state index contributed by atoms with van der Waals surface area (Å²) in [5.41, 5.74) is 0.199. The lowest BCUT2D eigenvalue weighted by Gasteiger charge is -2.11. The summed E-state index contributed by atoms with van der Waals surface area (Å²) in [6, 6.07) is 4.95. The molecule has 0 aliphatic heterocycles. The highest BCUT2D eigenvalue weighted by Crippen LogP contribution is 2.22. The number of benzene rings is 1. The second-order valence-corrected chi connectivity index (χ2v) is 3.10. The first-order valence-corrected chi connectivity index (χ1v) is 4.14. The lowest BCUT2D eigenvalue weighted by atomic mass is 10.1. The minimum absolute atomic E-state index is 0.160. The zero-order chi connectivity index (χ0) is 10.7. The van der Waals surface area contributed by atoms with E-state index in [2.05, 4.69) is 0 Å². The molecule has 0 heterocycles. The van der Waals surface area contributed by atoms with Crippen LogP contribution in [0.4, 0.5) is 4.39 Å². The Hall–Kier alpha value is -1.15. The van der Waals surface area contributed by atoms with Crippen LogP contribution in [0.2, 0.25) is 5.02 Å². The van der Waals surface area contributed by atoms with E-state index >= 15 is 0 Å². The van der Waals surface area contributed by atoms with E-state index in [1.165, 1.54) is 18.2 Å². The van der Waals surface area contributed by atoms with E-state index in [0.29, 0.717) is 0 Å². The van der Waals surface area contributed by atoms with Gasteiger partial charge in [-0.05, 0) is 17.7 Å². The van der Waals surface area contributed by atoms with E-state index in [1.807, 2.05) is 0 Å². The number of nitriles is 1. The molecule has 0 aliphatic carbocycles. The standard InChI is InChI=1S/C9H7ClFNO2/c10-6-3-5(1-2-7(6)11)9(14)8(13)4-12/h1-3,8-9,13-14H. The Morgan fingerprint density at radius 1 is 1.43 bits per heavy atom. The van der Waals surface area contributed by atoms with Crippen LogP contribution in [0.5, 0.6) is 0 Å². The molecule has 5 heteroatoms. The molecule has 0 saturated carbocycles. The van der Waals surface area contributed by atoms with Crippen molar-refractivity contribution in [2.45, 2.75) is 12.2 Å². The lowest BCUT2D eigenvalue weighted by Crippen LogP contribution is -2.15. The third-order valence-corrected chi connectivity index (χ3v) is 2.01. The van der Waals surface area contributed by atoms with E-state index in [9.17, 15) is 9.50 Å². The van der Waals surface area contributed by atoms with E-state index < -0.39 is 18.0 Å². The van der Waals surface area contributed by atoms with Crippen molar-refractivity contribution in [3.05, 3.63) is 34.6 Å². The van der Waals surface area contributed by atoms with E-state index in [1.54, 1.807) is 0 Å². The van der Waals surface area contributed by atoms with Crippen molar-refractivity contribution in [1.82, 2.24) is 0 Å². The molecular weight excluding hydrogens is 209 g/mol. The van der Waals surface area contributed by atoms with Crippen LogP contribution < -0.4 is 0 Å². The van der Waals surface area contributed by atoms with Crippen LogP contribution in [0.15, 0.2) is 18.2 Å². The van der Waals surface area contributed by atoms with Crippen molar-refractivity contribution in [3.8, 4) is 6.07 Å². The minimum Gasteiger partial charge on any atom is -0.385 e. The summed E-state index contributed by atoms with van der Waals surface area (Å²) in [7, 11) is 0. The third-order valence-electron chi connectivity index (χ3n) is 1.72. The van der Waals surface area contributed by atoms with Crippen molar-refractivity contribution in [2.24, 2.45) is 0 Å². The summed E-state index contributed by atoms with van der Waals surface area (Å²) in [5, 5.41) is 26.5. The van der Waals surface area contributed by atoms with Gasteiger partial charge in [0.05, 0.1) is 11.1 Å². The molecule has 0 saturated heterocycles. The molecule has 2 unspecified atom stereocenters. The molecule has 0 amide bonds. The summed E-state index contributed by atoms with van der Waals surface area (Å²) in [6.07, 6.45) is -2.92. The average molecular weight is 216 g/mol. The Bertz CT molecular complexity index is 378. The van der Waals surface area contributed by atoms with Crippen LogP contribution in [0.25, 0.3) is 0 Å². The Morgan fingerprint density at radius 2 is 2.07 bits per heavy atom. The summed E-state index contributed by atoms with van der Waals surface area (Å²) >= 11 is 5.46. The number of rotatable bonds is 2. The molecule has 74 valence electrons. The van der Waals surface area contributed by atoms with Gasteiger partial charge >= 0.3 is 0 Å². The fourth-order valence-corrected chi connectivity index (χ4v) is 1.14. The van der Waals surface area contributed by atoms with Crippen molar-refractivity contribution < 1.29 is 14.6 Å². The summed E-state index contributed by atoms with van der Waals surface area (Å²) < 4.78 is 12.7. The van der Waals surface area contributed by atoms with Gasteiger partial charge in [0.15, 0.2) is 6.10 Å².